The van der Waals surface area contributed by atoms with E-state index in [9.17, 15) is 0 Å². The van der Waals surface area contributed by atoms with Crippen molar-refractivity contribution in [3.05, 3.63) is 34.8 Å². The molecule has 0 aliphatic rings. The minimum Gasteiger partial charge on any atom is -0.337 e. The van der Waals surface area contributed by atoms with Crippen LogP contribution in [0.1, 0.15) is 16.7 Å². The van der Waals surface area contributed by atoms with Crippen LogP contribution in [0.5, 0.6) is 0 Å². The highest BCUT2D eigenvalue weighted by Gasteiger charge is 2.15. The first-order valence-corrected chi connectivity index (χ1v) is 5.50. The molecule has 5 nitrogen and oxygen atoms in total. The van der Waals surface area contributed by atoms with Crippen LogP contribution in [-0.4, -0.2) is 14.5 Å². The van der Waals surface area contributed by atoms with Gasteiger partial charge in [-0.25, -0.2) is 10.4 Å². The molecule has 2 heterocycles. The number of hydrogen-bond acceptors (Lipinski definition) is 5. The van der Waals surface area contributed by atoms with Crippen LogP contribution in [0.15, 0.2) is 24.1 Å². The molecule has 0 aliphatic carbocycles. The molecule has 80 valence electrons. The molecule has 0 aromatic carbocycles. The molecule has 0 saturated heterocycles. The number of nitrogens with two attached hydrogens (primary N) is 1. The van der Waals surface area contributed by atoms with Crippen LogP contribution in [0.25, 0.3) is 0 Å². The number of imidazole rings is 1. The zero-order valence-electron chi connectivity index (χ0n) is 8.42. The zero-order chi connectivity index (χ0) is 10.7. The van der Waals surface area contributed by atoms with Gasteiger partial charge in [-0.15, -0.1) is 11.3 Å². The summed E-state index contributed by atoms with van der Waals surface area (Å²) in [5.74, 6) is 6.47. The molecular formula is C9H13N5S. The lowest BCUT2D eigenvalue weighted by molar-refractivity contribution is 0.510. The predicted molar refractivity (Wildman–Crippen MR) is 59.1 cm³/mol. The Hall–Kier alpha value is -1.24. The standard InChI is InChI=1S/C9H13N5S/c1-14-3-2-12-9(14)8(13-10)4-7-5-11-6-15-7/h2-3,5-6,8,13H,4,10H2,1H3. The Morgan fingerprint density at radius 1 is 1.67 bits per heavy atom. The third kappa shape index (κ3) is 2.23. The fourth-order valence-electron chi connectivity index (χ4n) is 1.48. The second-order valence-electron chi connectivity index (χ2n) is 3.29. The van der Waals surface area contributed by atoms with Crippen molar-refractivity contribution < 1.29 is 0 Å². The van der Waals surface area contributed by atoms with Gasteiger partial charge in [-0.05, 0) is 0 Å². The van der Waals surface area contributed by atoms with Crippen LogP contribution in [0.3, 0.4) is 0 Å². The number of nitrogens with one attached hydrogen (secondary N) is 1. The van der Waals surface area contributed by atoms with Gasteiger partial charge in [0.05, 0.1) is 11.6 Å². The van der Waals surface area contributed by atoms with Gasteiger partial charge in [0.25, 0.3) is 0 Å². The third-order valence-corrected chi connectivity index (χ3v) is 3.06. The zero-order valence-corrected chi connectivity index (χ0v) is 9.24. The molecule has 1 unspecified atom stereocenters. The van der Waals surface area contributed by atoms with E-state index in [-0.39, 0.29) is 6.04 Å². The minimum absolute atomic E-state index is 0.0328. The molecule has 0 fully saturated rings. The van der Waals surface area contributed by atoms with Gasteiger partial charge in [-0.3, -0.25) is 10.8 Å². The van der Waals surface area contributed by atoms with Crippen LogP contribution in [0.2, 0.25) is 0 Å². The molecule has 0 bridgehead atoms. The fraction of sp³-hybridized carbons (Fsp3) is 0.333. The highest BCUT2D eigenvalue weighted by Crippen LogP contribution is 2.17. The summed E-state index contributed by atoms with van der Waals surface area (Å²) in [6.07, 6.45) is 6.35. The summed E-state index contributed by atoms with van der Waals surface area (Å²) >= 11 is 1.63. The first kappa shape index (κ1) is 10.3. The maximum absolute atomic E-state index is 5.53. The average molecular weight is 223 g/mol. The fourth-order valence-corrected chi connectivity index (χ4v) is 2.12. The number of hydrogen-bond donors (Lipinski definition) is 2. The van der Waals surface area contributed by atoms with Gasteiger partial charge in [0, 0.05) is 36.9 Å². The number of rotatable bonds is 4. The van der Waals surface area contributed by atoms with Gasteiger partial charge in [-0.2, -0.15) is 0 Å². The molecule has 0 aliphatic heterocycles. The molecule has 2 aromatic heterocycles. The van der Waals surface area contributed by atoms with E-state index in [4.69, 9.17) is 5.84 Å². The lowest BCUT2D eigenvalue weighted by Crippen LogP contribution is -2.31. The number of thiazole rings is 1. The number of nitrogens with zero attached hydrogens (tertiary/aromatic N) is 3. The van der Waals surface area contributed by atoms with Crippen LogP contribution in [0, 0.1) is 0 Å². The van der Waals surface area contributed by atoms with Gasteiger partial charge in [0.15, 0.2) is 0 Å². The first-order valence-electron chi connectivity index (χ1n) is 4.62. The highest BCUT2D eigenvalue weighted by atomic mass is 32.1. The van der Waals surface area contributed by atoms with Crippen LogP contribution in [0.4, 0.5) is 0 Å². The third-order valence-electron chi connectivity index (χ3n) is 2.26. The first-order chi connectivity index (χ1) is 7.31. The summed E-state index contributed by atoms with van der Waals surface area (Å²) in [6, 6.07) is 0.0328. The maximum atomic E-state index is 5.53. The van der Waals surface area contributed by atoms with Crippen LogP contribution in [-0.2, 0) is 13.5 Å². The van der Waals surface area contributed by atoms with Crippen molar-refractivity contribution in [1.82, 2.24) is 20.0 Å². The van der Waals surface area contributed by atoms with Crippen molar-refractivity contribution in [1.29, 1.82) is 0 Å². The molecule has 1 atom stereocenters. The summed E-state index contributed by atoms with van der Waals surface area (Å²) in [5.41, 5.74) is 4.60. The molecule has 0 radical (unpaired) electrons. The van der Waals surface area contributed by atoms with Gasteiger partial charge >= 0.3 is 0 Å². The van der Waals surface area contributed by atoms with E-state index in [1.807, 2.05) is 29.5 Å². The highest BCUT2D eigenvalue weighted by molar-refractivity contribution is 7.09. The summed E-state index contributed by atoms with van der Waals surface area (Å²) in [4.78, 5) is 9.50. The van der Waals surface area contributed by atoms with E-state index < -0.39 is 0 Å². The Bertz CT molecular complexity index is 408. The summed E-state index contributed by atoms with van der Waals surface area (Å²) in [5, 5.41) is 0. The number of aryl methyl sites for hydroxylation is 1. The largest absolute Gasteiger partial charge is 0.337 e. The van der Waals surface area contributed by atoms with Gasteiger partial charge < -0.3 is 4.57 Å². The topological polar surface area (TPSA) is 68.8 Å². The summed E-state index contributed by atoms with van der Waals surface area (Å²) < 4.78 is 1.96. The number of hydrazine groups is 1. The maximum Gasteiger partial charge on any atom is 0.127 e. The van der Waals surface area contributed by atoms with Gasteiger partial charge in [0.1, 0.15) is 5.82 Å². The number of aromatic nitrogens is 3. The molecule has 2 rings (SSSR count). The molecule has 6 heteroatoms. The van der Waals surface area contributed by atoms with Gasteiger partial charge in [0.2, 0.25) is 0 Å². The monoisotopic (exact) mass is 223 g/mol. The molecule has 0 spiro atoms. The lowest BCUT2D eigenvalue weighted by Gasteiger charge is -2.14. The molecular weight excluding hydrogens is 210 g/mol. The Balaban J connectivity index is 2.15. The van der Waals surface area contributed by atoms with Crippen molar-refractivity contribution in [3.8, 4) is 0 Å². The second kappa shape index (κ2) is 4.52. The molecule has 2 aromatic rings. The normalized spacial score (nSPS) is 12.9. The van der Waals surface area contributed by atoms with E-state index in [1.165, 1.54) is 4.88 Å². The SMILES string of the molecule is Cn1ccnc1C(Cc1cncs1)NN. The van der Waals surface area contributed by atoms with Crippen LogP contribution >= 0.6 is 11.3 Å². The van der Waals surface area contributed by atoms with Crippen molar-refractivity contribution in [3.63, 3.8) is 0 Å². The van der Waals surface area contributed by atoms with E-state index in [2.05, 4.69) is 15.4 Å². The van der Waals surface area contributed by atoms with Crippen molar-refractivity contribution in [2.24, 2.45) is 12.9 Å². The summed E-state index contributed by atoms with van der Waals surface area (Å²) in [7, 11) is 1.96. The summed E-state index contributed by atoms with van der Waals surface area (Å²) in [6.45, 7) is 0. The Morgan fingerprint density at radius 3 is 3.07 bits per heavy atom. The Kier molecular flexibility index (Phi) is 3.10. The quantitative estimate of drug-likeness (QED) is 0.589. The minimum atomic E-state index is 0.0328. The van der Waals surface area contributed by atoms with Crippen molar-refractivity contribution in [2.45, 2.75) is 12.5 Å². The van der Waals surface area contributed by atoms with E-state index in [1.54, 1.807) is 17.5 Å². The smallest absolute Gasteiger partial charge is 0.127 e. The van der Waals surface area contributed by atoms with E-state index in [0.717, 1.165) is 12.2 Å². The Labute approximate surface area is 91.9 Å². The molecule has 0 amide bonds. The van der Waals surface area contributed by atoms with E-state index >= 15 is 0 Å². The second-order valence-corrected chi connectivity index (χ2v) is 4.26. The average Bonchev–Trinajstić information content (AvgIpc) is 2.85. The lowest BCUT2D eigenvalue weighted by atomic mass is 10.2. The van der Waals surface area contributed by atoms with Gasteiger partial charge in [-0.1, -0.05) is 0 Å². The van der Waals surface area contributed by atoms with Crippen LogP contribution < -0.4 is 11.3 Å². The Morgan fingerprint density at radius 2 is 2.53 bits per heavy atom. The van der Waals surface area contributed by atoms with Crippen molar-refractivity contribution >= 4 is 11.3 Å². The molecule has 0 saturated carbocycles. The molecule has 3 N–H and O–H groups in total. The van der Waals surface area contributed by atoms with Crippen molar-refractivity contribution in [2.75, 3.05) is 0 Å². The predicted octanol–water partition coefficient (Wildman–Crippen LogP) is 0.624. The molecule has 15 heavy (non-hydrogen) atoms. The van der Waals surface area contributed by atoms with E-state index in [0.29, 0.717) is 0 Å².